The van der Waals surface area contributed by atoms with Crippen molar-refractivity contribution in [1.29, 1.82) is 0 Å². The molecule has 11 heavy (non-hydrogen) atoms. The molecular formula is C10H19N. The van der Waals surface area contributed by atoms with Gasteiger partial charge >= 0.3 is 0 Å². The normalized spacial score (nSPS) is 46.6. The Morgan fingerprint density at radius 2 is 2.09 bits per heavy atom. The fourth-order valence-electron chi connectivity index (χ4n) is 3.46. The molecule has 2 fully saturated rings. The third kappa shape index (κ3) is 0.868. The molecule has 0 spiro atoms. The Hall–Kier alpha value is -0.0400. The molecule has 0 heterocycles. The van der Waals surface area contributed by atoms with Crippen LogP contribution in [0.4, 0.5) is 0 Å². The molecule has 2 N–H and O–H groups in total. The third-order valence-electron chi connectivity index (χ3n) is 4.30. The van der Waals surface area contributed by atoms with E-state index in [4.69, 9.17) is 5.73 Å². The maximum absolute atomic E-state index is 5.80. The van der Waals surface area contributed by atoms with E-state index < -0.39 is 0 Å². The fraction of sp³-hybridized carbons (Fsp3) is 1.00. The lowest BCUT2D eigenvalue weighted by Crippen LogP contribution is -2.35. The van der Waals surface area contributed by atoms with Crippen molar-refractivity contribution in [3.63, 3.8) is 0 Å². The molecule has 0 saturated heterocycles. The van der Waals surface area contributed by atoms with Crippen LogP contribution in [-0.2, 0) is 0 Å². The van der Waals surface area contributed by atoms with Crippen LogP contribution in [0.2, 0.25) is 0 Å². The van der Waals surface area contributed by atoms with E-state index in [0.717, 1.165) is 24.3 Å². The van der Waals surface area contributed by atoms with Gasteiger partial charge in [0.2, 0.25) is 0 Å². The molecule has 3 atom stereocenters. The number of fused-ring (bicyclic) bond motifs is 2. The van der Waals surface area contributed by atoms with Crippen molar-refractivity contribution in [1.82, 2.24) is 0 Å². The Morgan fingerprint density at radius 3 is 2.45 bits per heavy atom. The summed E-state index contributed by atoms with van der Waals surface area (Å²) in [7, 11) is 0. The van der Waals surface area contributed by atoms with Gasteiger partial charge in [-0.3, -0.25) is 0 Å². The predicted octanol–water partition coefficient (Wildman–Crippen LogP) is 2.02. The zero-order valence-electron chi connectivity index (χ0n) is 7.64. The van der Waals surface area contributed by atoms with Crippen LogP contribution >= 0.6 is 0 Å². The largest absolute Gasteiger partial charge is 0.330 e. The highest BCUT2D eigenvalue weighted by molar-refractivity contribution is 5.01. The summed E-state index contributed by atoms with van der Waals surface area (Å²) in [5.41, 5.74) is 6.35. The van der Waals surface area contributed by atoms with E-state index >= 15 is 0 Å². The van der Waals surface area contributed by atoms with E-state index in [9.17, 15) is 0 Å². The fourth-order valence-corrected chi connectivity index (χ4v) is 3.46. The molecule has 0 radical (unpaired) electrons. The first-order chi connectivity index (χ1) is 5.16. The summed E-state index contributed by atoms with van der Waals surface area (Å²) >= 11 is 0. The van der Waals surface area contributed by atoms with Gasteiger partial charge < -0.3 is 5.73 Å². The van der Waals surface area contributed by atoms with Crippen molar-refractivity contribution in [3.8, 4) is 0 Å². The van der Waals surface area contributed by atoms with Gasteiger partial charge in [-0.05, 0) is 49.0 Å². The molecule has 2 saturated carbocycles. The molecule has 1 nitrogen and oxygen atoms in total. The lowest BCUT2D eigenvalue weighted by molar-refractivity contribution is 0.129. The van der Waals surface area contributed by atoms with E-state index in [0.29, 0.717) is 5.41 Å². The molecule has 0 aromatic rings. The summed E-state index contributed by atoms with van der Waals surface area (Å²) in [6, 6.07) is 0. The highest BCUT2D eigenvalue weighted by Gasteiger charge is 2.51. The van der Waals surface area contributed by atoms with Gasteiger partial charge in [0.15, 0.2) is 0 Å². The van der Waals surface area contributed by atoms with Crippen LogP contribution < -0.4 is 5.73 Å². The van der Waals surface area contributed by atoms with Crippen LogP contribution in [0.3, 0.4) is 0 Å². The second-order valence-electron chi connectivity index (χ2n) is 4.93. The third-order valence-corrected chi connectivity index (χ3v) is 4.30. The molecule has 2 rings (SSSR count). The summed E-state index contributed by atoms with van der Waals surface area (Å²) in [5.74, 6) is 2.78. The molecular weight excluding hydrogens is 134 g/mol. The molecule has 2 aliphatic carbocycles. The minimum atomic E-state index is 0.553. The van der Waals surface area contributed by atoms with Crippen LogP contribution in [0.5, 0.6) is 0 Å². The molecule has 64 valence electrons. The molecule has 0 aromatic carbocycles. The van der Waals surface area contributed by atoms with Gasteiger partial charge in [0.25, 0.3) is 0 Å². The summed E-state index contributed by atoms with van der Waals surface area (Å²) in [4.78, 5) is 0. The van der Waals surface area contributed by atoms with Crippen molar-refractivity contribution >= 4 is 0 Å². The highest BCUT2D eigenvalue weighted by Crippen LogP contribution is 2.58. The van der Waals surface area contributed by atoms with Crippen LogP contribution in [0.1, 0.15) is 33.1 Å². The molecule has 0 aliphatic heterocycles. The molecule has 2 aliphatic rings. The first kappa shape index (κ1) is 7.60. The Kier molecular flexibility index (Phi) is 1.54. The minimum Gasteiger partial charge on any atom is -0.330 e. The molecule has 2 bridgehead atoms. The zero-order valence-corrected chi connectivity index (χ0v) is 7.64. The zero-order chi connectivity index (χ0) is 8.06. The van der Waals surface area contributed by atoms with E-state index in [2.05, 4.69) is 13.8 Å². The van der Waals surface area contributed by atoms with Crippen molar-refractivity contribution in [2.45, 2.75) is 33.1 Å². The van der Waals surface area contributed by atoms with Gasteiger partial charge in [0.1, 0.15) is 0 Å². The Morgan fingerprint density at radius 1 is 1.36 bits per heavy atom. The maximum atomic E-state index is 5.80. The van der Waals surface area contributed by atoms with Crippen molar-refractivity contribution < 1.29 is 0 Å². The van der Waals surface area contributed by atoms with Crippen molar-refractivity contribution in [2.24, 2.45) is 28.9 Å². The number of nitrogens with two attached hydrogens (primary N) is 1. The number of hydrogen-bond acceptors (Lipinski definition) is 1. The topological polar surface area (TPSA) is 26.0 Å². The van der Waals surface area contributed by atoms with Gasteiger partial charge in [-0.25, -0.2) is 0 Å². The van der Waals surface area contributed by atoms with E-state index in [1.54, 1.807) is 0 Å². The summed E-state index contributed by atoms with van der Waals surface area (Å²) in [6.07, 6.45) is 4.39. The maximum Gasteiger partial charge on any atom is -0.00410 e. The molecule has 0 amide bonds. The number of rotatable bonds is 1. The van der Waals surface area contributed by atoms with Gasteiger partial charge in [0.05, 0.1) is 0 Å². The lowest BCUT2D eigenvalue weighted by atomic mass is 9.69. The van der Waals surface area contributed by atoms with Crippen molar-refractivity contribution in [2.75, 3.05) is 6.54 Å². The van der Waals surface area contributed by atoms with Gasteiger partial charge in [-0.2, -0.15) is 0 Å². The Bertz CT molecular complexity index is 162. The summed E-state index contributed by atoms with van der Waals surface area (Å²) in [5, 5.41) is 0. The first-order valence-electron chi connectivity index (χ1n) is 4.86. The molecule has 1 heteroatoms. The van der Waals surface area contributed by atoms with Gasteiger partial charge in [-0.1, -0.05) is 13.8 Å². The average molecular weight is 153 g/mol. The lowest BCUT2D eigenvalue weighted by Gasteiger charge is -2.37. The molecule has 0 unspecified atom stereocenters. The van der Waals surface area contributed by atoms with Crippen molar-refractivity contribution in [3.05, 3.63) is 0 Å². The average Bonchev–Trinajstić information content (AvgIpc) is 2.44. The number of hydrogen-bond donors (Lipinski definition) is 1. The second-order valence-corrected chi connectivity index (χ2v) is 4.93. The van der Waals surface area contributed by atoms with Crippen LogP contribution in [0.25, 0.3) is 0 Å². The van der Waals surface area contributed by atoms with E-state index in [-0.39, 0.29) is 0 Å². The first-order valence-corrected chi connectivity index (χ1v) is 4.86. The van der Waals surface area contributed by atoms with Crippen LogP contribution in [0.15, 0.2) is 0 Å². The van der Waals surface area contributed by atoms with E-state index in [1.165, 1.54) is 19.3 Å². The highest BCUT2D eigenvalue weighted by atomic mass is 14.7. The standard InChI is InChI=1S/C10H19N/c1-10(2)8-4-3-7(5-8)9(10)6-11/h7-9H,3-6,11H2,1-2H3/t7-,8-,9+/m0/s1. The van der Waals surface area contributed by atoms with E-state index in [1.807, 2.05) is 0 Å². The Balaban J connectivity index is 2.21. The smallest absolute Gasteiger partial charge is 0.00410 e. The summed E-state index contributed by atoms with van der Waals surface area (Å²) < 4.78 is 0. The van der Waals surface area contributed by atoms with Crippen LogP contribution in [-0.4, -0.2) is 6.54 Å². The Labute approximate surface area is 69.4 Å². The van der Waals surface area contributed by atoms with Crippen LogP contribution in [0, 0.1) is 23.2 Å². The summed E-state index contributed by atoms with van der Waals surface area (Å²) in [6.45, 7) is 5.73. The SMILES string of the molecule is CC1(C)[C@H]2CC[C@@H](C2)[C@H]1CN. The predicted molar refractivity (Wildman–Crippen MR) is 47.2 cm³/mol. The quantitative estimate of drug-likeness (QED) is 0.612. The van der Waals surface area contributed by atoms with Gasteiger partial charge in [-0.15, -0.1) is 0 Å². The molecule has 0 aromatic heterocycles. The van der Waals surface area contributed by atoms with Gasteiger partial charge in [0, 0.05) is 0 Å². The monoisotopic (exact) mass is 153 g/mol. The second kappa shape index (κ2) is 2.22. The minimum absolute atomic E-state index is 0.553.